The first-order valence-corrected chi connectivity index (χ1v) is 13.9. The van der Waals surface area contributed by atoms with Crippen molar-refractivity contribution < 1.29 is 34.1 Å². The molecule has 2 aliphatic rings. The summed E-state index contributed by atoms with van der Waals surface area (Å²) in [5, 5.41) is 24.4. The average Bonchev–Trinajstić information content (AvgIpc) is 3.40. The molecule has 42 heavy (non-hydrogen) atoms. The van der Waals surface area contributed by atoms with E-state index in [2.05, 4.69) is 5.32 Å². The summed E-state index contributed by atoms with van der Waals surface area (Å²) in [5.74, 6) is -0.883. The zero-order valence-electron chi connectivity index (χ0n) is 22.9. The monoisotopic (exact) mass is 590 g/mol. The van der Waals surface area contributed by atoms with Crippen molar-refractivity contribution in [1.29, 1.82) is 0 Å². The quantitative estimate of drug-likeness (QED) is 0.310. The summed E-state index contributed by atoms with van der Waals surface area (Å²) in [4.78, 5) is 40.6. The lowest BCUT2D eigenvalue weighted by molar-refractivity contribution is -0.137. The summed E-state index contributed by atoms with van der Waals surface area (Å²) in [6.07, 6.45) is 0.133. The molecule has 3 N–H and O–H groups in total. The van der Waals surface area contributed by atoms with Crippen LogP contribution in [0.4, 0.5) is 0 Å². The van der Waals surface area contributed by atoms with Crippen LogP contribution < -0.4 is 14.8 Å². The van der Waals surface area contributed by atoms with E-state index in [1.54, 1.807) is 36.4 Å². The predicted molar refractivity (Wildman–Crippen MR) is 156 cm³/mol. The summed E-state index contributed by atoms with van der Waals surface area (Å²) in [7, 11) is 1.44. The van der Waals surface area contributed by atoms with Crippen molar-refractivity contribution in [2.24, 2.45) is 0 Å². The number of nitrogens with one attached hydrogen (secondary N) is 1. The van der Waals surface area contributed by atoms with Crippen LogP contribution in [0, 0.1) is 0 Å². The van der Waals surface area contributed by atoms with E-state index >= 15 is 0 Å². The van der Waals surface area contributed by atoms with Gasteiger partial charge in [-0.05, 0) is 41.5 Å². The Bertz CT molecular complexity index is 1490. The van der Waals surface area contributed by atoms with Crippen LogP contribution in [0.2, 0.25) is 5.02 Å². The molecule has 1 aliphatic carbocycles. The van der Waals surface area contributed by atoms with Gasteiger partial charge in [-0.25, -0.2) is 0 Å². The predicted octanol–water partition coefficient (Wildman–Crippen LogP) is 3.06. The largest absolute Gasteiger partial charge is 0.493 e. The molecule has 4 atom stereocenters. The van der Waals surface area contributed by atoms with Gasteiger partial charge in [-0.15, -0.1) is 0 Å². The second-order valence-electron chi connectivity index (χ2n) is 10.2. The molecule has 2 amide bonds. The Kier molecular flexibility index (Phi) is 8.91. The summed E-state index contributed by atoms with van der Waals surface area (Å²) in [6.45, 7) is -0.128. The number of hydrogen-bond donors (Lipinski definition) is 3. The Hall–Kier alpha value is -4.18. The van der Waals surface area contributed by atoms with Crippen LogP contribution >= 0.6 is 11.6 Å². The number of fused-ring (bicyclic) bond motifs is 3. The maximum Gasteiger partial charge on any atom is 0.247 e. The Morgan fingerprint density at radius 3 is 2.50 bits per heavy atom. The first-order valence-electron chi connectivity index (χ1n) is 13.5. The van der Waals surface area contributed by atoms with Gasteiger partial charge >= 0.3 is 0 Å². The third-order valence-electron chi connectivity index (χ3n) is 7.56. The molecule has 0 radical (unpaired) electrons. The van der Waals surface area contributed by atoms with Gasteiger partial charge in [0.15, 0.2) is 11.5 Å². The molecule has 0 bridgehead atoms. The van der Waals surface area contributed by atoms with Gasteiger partial charge in [0.05, 0.1) is 32.1 Å². The number of amides is 2. The SMILES string of the molecule is COc1cc(C=O)cc2c1O[C@@H]1[C@@H](O)[C@H](N(Cc3ccc(Cl)cc3)C(=O)Cc3ccccc3)C=C(C(=O)NCCO)[C@H]21. The number of ether oxygens (including phenoxy) is 2. The fourth-order valence-electron chi connectivity index (χ4n) is 5.58. The zero-order valence-corrected chi connectivity index (χ0v) is 23.7. The van der Waals surface area contributed by atoms with Crippen molar-refractivity contribution in [3.8, 4) is 11.5 Å². The number of benzene rings is 3. The van der Waals surface area contributed by atoms with Crippen molar-refractivity contribution >= 4 is 29.7 Å². The van der Waals surface area contributed by atoms with Crippen LogP contribution in [0.5, 0.6) is 11.5 Å². The van der Waals surface area contributed by atoms with Crippen molar-refractivity contribution in [2.45, 2.75) is 37.1 Å². The summed E-state index contributed by atoms with van der Waals surface area (Å²) in [5.41, 5.74) is 2.67. The van der Waals surface area contributed by atoms with Gasteiger partial charge in [-0.1, -0.05) is 54.1 Å². The lowest BCUT2D eigenvalue weighted by Gasteiger charge is -2.41. The fraction of sp³-hybridized carbons (Fsp3) is 0.281. The highest BCUT2D eigenvalue weighted by atomic mass is 35.5. The highest BCUT2D eigenvalue weighted by Crippen LogP contribution is 2.51. The second-order valence-corrected chi connectivity index (χ2v) is 10.6. The van der Waals surface area contributed by atoms with E-state index in [0.717, 1.165) is 11.1 Å². The molecule has 10 heteroatoms. The maximum absolute atomic E-state index is 13.9. The Morgan fingerprint density at radius 2 is 1.83 bits per heavy atom. The van der Waals surface area contributed by atoms with Gasteiger partial charge in [0.1, 0.15) is 18.5 Å². The van der Waals surface area contributed by atoms with Crippen molar-refractivity contribution in [2.75, 3.05) is 20.3 Å². The van der Waals surface area contributed by atoms with E-state index in [0.29, 0.717) is 33.9 Å². The molecule has 0 saturated carbocycles. The highest BCUT2D eigenvalue weighted by molar-refractivity contribution is 6.30. The van der Waals surface area contributed by atoms with Crippen LogP contribution in [0.25, 0.3) is 0 Å². The summed E-state index contributed by atoms with van der Waals surface area (Å²) < 4.78 is 11.7. The number of halogens is 1. The minimum absolute atomic E-state index is 0.00756. The van der Waals surface area contributed by atoms with Gasteiger partial charge in [-0.2, -0.15) is 0 Å². The standard InChI is InChI=1S/C32H31ClN2O7/c1-41-26-14-21(18-37)13-23-28-24(32(40)34-11-12-36)16-25(29(39)31(28)42-30(23)26)35(17-20-7-9-22(33)10-8-20)27(38)15-19-5-3-2-4-6-19/h2-10,13-14,16,18,25,28-29,31,36,39H,11-12,15,17H2,1H3,(H,34,40)/t25-,28+,29+,31+/m1/s1. The fourth-order valence-corrected chi connectivity index (χ4v) is 5.70. The van der Waals surface area contributed by atoms with Crippen molar-refractivity contribution in [3.63, 3.8) is 0 Å². The van der Waals surface area contributed by atoms with E-state index in [4.69, 9.17) is 21.1 Å². The van der Waals surface area contributed by atoms with Gasteiger partial charge in [0.25, 0.3) is 0 Å². The van der Waals surface area contributed by atoms with E-state index in [1.165, 1.54) is 18.1 Å². The van der Waals surface area contributed by atoms with E-state index in [9.17, 15) is 24.6 Å². The van der Waals surface area contributed by atoms with Gasteiger partial charge in [0.2, 0.25) is 11.8 Å². The normalized spacial score (nSPS) is 20.4. The number of nitrogens with zero attached hydrogens (tertiary/aromatic N) is 1. The third kappa shape index (κ3) is 5.90. The molecule has 0 saturated heterocycles. The Balaban J connectivity index is 1.59. The number of methoxy groups -OCH3 is 1. The number of hydrogen-bond acceptors (Lipinski definition) is 7. The first-order chi connectivity index (χ1) is 20.3. The van der Waals surface area contributed by atoms with Crippen molar-refractivity contribution in [1.82, 2.24) is 10.2 Å². The second kappa shape index (κ2) is 12.8. The number of carbonyl (C=O) groups excluding carboxylic acids is 3. The molecule has 0 unspecified atom stereocenters. The highest BCUT2D eigenvalue weighted by Gasteiger charge is 2.51. The molecular formula is C32H31ClN2O7. The Labute approximate surface area is 248 Å². The lowest BCUT2D eigenvalue weighted by Crippen LogP contribution is -2.55. The molecule has 3 aromatic carbocycles. The smallest absolute Gasteiger partial charge is 0.247 e. The van der Waals surface area contributed by atoms with Crippen LogP contribution in [0.15, 0.2) is 78.4 Å². The minimum atomic E-state index is -1.24. The van der Waals surface area contributed by atoms with Crippen LogP contribution in [-0.4, -0.2) is 71.7 Å². The molecular weight excluding hydrogens is 560 g/mol. The molecule has 3 aromatic rings. The molecule has 218 valence electrons. The minimum Gasteiger partial charge on any atom is -0.493 e. The maximum atomic E-state index is 13.9. The van der Waals surface area contributed by atoms with E-state index in [-0.39, 0.29) is 37.6 Å². The summed E-state index contributed by atoms with van der Waals surface area (Å²) >= 11 is 6.10. The Morgan fingerprint density at radius 1 is 1.10 bits per heavy atom. The van der Waals surface area contributed by atoms with E-state index in [1.807, 2.05) is 30.3 Å². The number of carbonyl (C=O) groups is 3. The summed E-state index contributed by atoms with van der Waals surface area (Å²) in [6, 6.07) is 18.5. The lowest BCUT2D eigenvalue weighted by atomic mass is 9.77. The van der Waals surface area contributed by atoms with E-state index < -0.39 is 30.1 Å². The topological polar surface area (TPSA) is 125 Å². The van der Waals surface area contributed by atoms with Gasteiger partial charge in [-0.3, -0.25) is 14.4 Å². The molecule has 1 aliphatic heterocycles. The molecule has 0 aromatic heterocycles. The average molecular weight is 591 g/mol. The van der Waals surface area contributed by atoms with Crippen LogP contribution in [-0.2, 0) is 22.6 Å². The number of rotatable bonds is 10. The number of aliphatic hydroxyl groups excluding tert-OH is 2. The van der Waals surface area contributed by atoms with Crippen LogP contribution in [0.3, 0.4) is 0 Å². The number of aldehydes is 1. The first kappa shape index (κ1) is 29.3. The molecule has 5 rings (SSSR count). The number of aliphatic hydroxyl groups is 2. The van der Waals surface area contributed by atoms with Crippen molar-refractivity contribution in [3.05, 3.63) is 106 Å². The van der Waals surface area contributed by atoms with Gasteiger partial charge in [0, 0.05) is 34.8 Å². The third-order valence-corrected chi connectivity index (χ3v) is 7.81. The van der Waals surface area contributed by atoms with Crippen LogP contribution in [0.1, 0.15) is 33.0 Å². The molecule has 0 fully saturated rings. The zero-order chi connectivity index (χ0) is 29.8. The molecule has 9 nitrogen and oxygen atoms in total. The molecule has 1 heterocycles. The molecule has 0 spiro atoms. The van der Waals surface area contributed by atoms with Gasteiger partial charge < -0.3 is 29.9 Å².